The molecular formula is C8H12OS. The maximum absolute atomic E-state index is 11.5. The van der Waals surface area contributed by atoms with Crippen molar-refractivity contribution < 1.29 is 4.21 Å². The van der Waals surface area contributed by atoms with Gasteiger partial charge < -0.3 is 0 Å². The first-order valence-corrected chi connectivity index (χ1v) is 5.51. The molecule has 0 atom stereocenters. The Hall–Kier alpha value is 0.150. The van der Waals surface area contributed by atoms with Crippen LogP contribution in [0.4, 0.5) is 0 Å². The van der Waals surface area contributed by atoms with E-state index in [1.807, 2.05) is 0 Å². The van der Waals surface area contributed by atoms with Gasteiger partial charge in [-0.2, -0.15) is 0 Å². The predicted octanol–water partition coefficient (Wildman–Crippen LogP) is 1.31. The van der Waals surface area contributed by atoms with Gasteiger partial charge in [-0.05, 0) is 37.5 Å². The fourth-order valence-electron chi connectivity index (χ4n) is 3.16. The lowest BCUT2D eigenvalue weighted by molar-refractivity contribution is 0.457. The van der Waals surface area contributed by atoms with Crippen LogP contribution in [0.1, 0.15) is 25.7 Å². The smallest absolute Gasteiger partial charge is 0.0356 e. The van der Waals surface area contributed by atoms with Crippen molar-refractivity contribution in [3.05, 3.63) is 0 Å². The largest absolute Gasteiger partial charge is 0.259 e. The molecule has 0 unspecified atom stereocenters. The average molecular weight is 156 g/mol. The van der Waals surface area contributed by atoms with Crippen molar-refractivity contribution in [2.45, 2.75) is 36.2 Å². The lowest BCUT2D eigenvalue weighted by Crippen LogP contribution is -2.29. The van der Waals surface area contributed by atoms with Gasteiger partial charge in [-0.3, -0.25) is 4.21 Å². The minimum absolute atomic E-state index is 0.415. The minimum Gasteiger partial charge on any atom is -0.259 e. The molecule has 4 fully saturated rings. The standard InChI is InChI=1S/C8H12OS/c9-10-7-1-5-2-8(10)4-6(5)3-7/h5-8H,1-4H2. The molecule has 0 N–H and O–H groups in total. The van der Waals surface area contributed by atoms with Gasteiger partial charge in [-0.25, -0.2) is 0 Å². The third-order valence-electron chi connectivity index (χ3n) is 3.59. The van der Waals surface area contributed by atoms with Crippen molar-refractivity contribution in [1.82, 2.24) is 0 Å². The van der Waals surface area contributed by atoms with E-state index in [4.69, 9.17) is 0 Å². The second-order valence-corrected chi connectivity index (χ2v) is 6.03. The van der Waals surface area contributed by atoms with Crippen LogP contribution >= 0.6 is 0 Å². The fourth-order valence-corrected chi connectivity index (χ4v) is 5.45. The molecule has 1 nitrogen and oxygen atoms in total. The lowest BCUT2D eigenvalue weighted by Gasteiger charge is -2.23. The summed E-state index contributed by atoms with van der Waals surface area (Å²) in [5.41, 5.74) is 0. The SMILES string of the molecule is O=S1C2CC3CC1CC3C2. The van der Waals surface area contributed by atoms with Crippen LogP contribution in [-0.2, 0) is 10.8 Å². The fraction of sp³-hybridized carbons (Fsp3) is 1.00. The number of rotatable bonds is 0. The van der Waals surface area contributed by atoms with Crippen LogP contribution in [-0.4, -0.2) is 14.7 Å². The van der Waals surface area contributed by atoms with E-state index in [2.05, 4.69) is 0 Å². The summed E-state index contributed by atoms with van der Waals surface area (Å²) >= 11 is 0. The quantitative estimate of drug-likeness (QED) is 0.517. The highest BCUT2D eigenvalue weighted by Gasteiger charge is 2.51. The van der Waals surface area contributed by atoms with Gasteiger partial charge in [0.1, 0.15) is 0 Å². The van der Waals surface area contributed by atoms with Crippen LogP contribution in [0.15, 0.2) is 0 Å². The second-order valence-electron chi connectivity index (χ2n) is 4.04. The summed E-state index contributed by atoms with van der Waals surface area (Å²) in [7, 11) is -0.415. The Morgan fingerprint density at radius 3 is 1.70 bits per heavy atom. The first-order valence-electron chi connectivity index (χ1n) is 4.24. The van der Waals surface area contributed by atoms with E-state index in [9.17, 15) is 4.21 Å². The topological polar surface area (TPSA) is 17.1 Å². The van der Waals surface area contributed by atoms with E-state index in [1.54, 1.807) is 0 Å². The van der Waals surface area contributed by atoms with Crippen molar-refractivity contribution in [3.8, 4) is 0 Å². The molecule has 2 heterocycles. The molecule has 2 heteroatoms. The van der Waals surface area contributed by atoms with E-state index < -0.39 is 10.8 Å². The highest BCUT2D eigenvalue weighted by molar-refractivity contribution is 7.86. The molecule has 4 aliphatic rings. The van der Waals surface area contributed by atoms with Gasteiger partial charge in [-0.1, -0.05) is 0 Å². The molecule has 0 aromatic heterocycles. The molecule has 0 amide bonds. The third-order valence-corrected chi connectivity index (χ3v) is 5.67. The molecule has 10 heavy (non-hydrogen) atoms. The number of hydrogen-bond acceptors (Lipinski definition) is 1. The summed E-state index contributed by atoms with van der Waals surface area (Å²) < 4.78 is 11.5. The van der Waals surface area contributed by atoms with Crippen LogP contribution in [0.3, 0.4) is 0 Å². The van der Waals surface area contributed by atoms with E-state index in [-0.39, 0.29) is 0 Å². The molecule has 0 aromatic carbocycles. The first kappa shape index (κ1) is 5.76. The second kappa shape index (κ2) is 1.66. The van der Waals surface area contributed by atoms with Crippen LogP contribution in [0.25, 0.3) is 0 Å². The van der Waals surface area contributed by atoms with E-state index in [0.29, 0.717) is 10.5 Å². The Morgan fingerprint density at radius 1 is 0.900 bits per heavy atom. The lowest BCUT2D eigenvalue weighted by atomic mass is 10.0. The van der Waals surface area contributed by atoms with Crippen LogP contribution in [0, 0.1) is 11.8 Å². The Balaban J connectivity index is 2.05. The zero-order valence-corrected chi connectivity index (χ0v) is 6.77. The molecule has 4 bridgehead atoms. The van der Waals surface area contributed by atoms with Gasteiger partial charge in [0.2, 0.25) is 0 Å². The molecule has 2 aliphatic carbocycles. The highest BCUT2D eigenvalue weighted by atomic mass is 32.2. The summed E-state index contributed by atoms with van der Waals surface area (Å²) in [4.78, 5) is 0. The first-order chi connectivity index (χ1) is 4.84. The summed E-state index contributed by atoms with van der Waals surface area (Å²) in [6.45, 7) is 0. The monoisotopic (exact) mass is 156 g/mol. The van der Waals surface area contributed by atoms with Gasteiger partial charge >= 0.3 is 0 Å². The van der Waals surface area contributed by atoms with Gasteiger partial charge in [0.15, 0.2) is 0 Å². The van der Waals surface area contributed by atoms with E-state index in [1.165, 1.54) is 25.7 Å². The summed E-state index contributed by atoms with van der Waals surface area (Å²) in [6, 6.07) is 0. The minimum atomic E-state index is -0.415. The maximum atomic E-state index is 11.5. The molecule has 4 rings (SSSR count). The molecule has 0 radical (unpaired) electrons. The Kier molecular flexibility index (Phi) is 0.954. The van der Waals surface area contributed by atoms with Crippen LogP contribution < -0.4 is 0 Å². The zero-order valence-electron chi connectivity index (χ0n) is 5.95. The summed E-state index contributed by atoms with van der Waals surface area (Å²) in [5.74, 6) is 1.99. The Morgan fingerprint density at radius 2 is 1.30 bits per heavy atom. The zero-order chi connectivity index (χ0) is 6.72. The normalized spacial score (nSPS) is 63.8. The van der Waals surface area contributed by atoms with Gasteiger partial charge in [-0.15, -0.1) is 0 Å². The average Bonchev–Trinajstić information content (AvgIpc) is 2.33. The van der Waals surface area contributed by atoms with Gasteiger partial charge in [0, 0.05) is 21.3 Å². The Labute approximate surface area is 63.7 Å². The van der Waals surface area contributed by atoms with Crippen molar-refractivity contribution in [2.75, 3.05) is 0 Å². The summed E-state index contributed by atoms with van der Waals surface area (Å²) in [6.07, 6.45) is 5.20. The van der Waals surface area contributed by atoms with Crippen molar-refractivity contribution >= 4 is 10.8 Å². The molecule has 0 aromatic rings. The van der Waals surface area contributed by atoms with Gasteiger partial charge in [0.05, 0.1) is 0 Å². The van der Waals surface area contributed by atoms with E-state index in [0.717, 1.165) is 11.8 Å². The van der Waals surface area contributed by atoms with Crippen molar-refractivity contribution in [1.29, 1.82) is 0 Å². The molecule has 0 spiro atoms. The molecule has 2 aliphatic heterocycles. The van der Waals surface area contributed by atoms with Crippen LogP contribution in [0.5, 0.6) is 0 Å². The Bertz CT molecular complexity index is 169. The molecule has 2 saturated carbocycles. The summed E-state index contributed by atoms with van der Waals surface area (Å²) in [5, 5.41) is 1.25. The van der Waals surface area contributed by atoms with Gasteiger partial charge in [0.25, 0.3) is 0 Å². The maximum Gasteiger partial charge on any atom is 0.0356 e. The van der Waals surface area contributed by atoms with E-state index >= 15 is 0 Å². The molecule has 56 valence electrons. The number of hydrogen-bond donors (Lipinski definition) is 0. The molecule has 2 saturated heterocycles. The third kappa shape index (κ3) is 0.526. The highest BCUT2D eigenvalue weighted by Crippen LogP contribution is 2.53. The van der Waals surface area contributed by atoms with Crippen molar-refractivity contribution in [2.24, 2.45) is 11.8 Å². The predicted molar refractivity (Wildman–Crippen MR) is 41.2 cm³/mol. The van der Waals surface area contributed by atoms with Crippen molar-refractivity contribution in [3.63, 3.8) is 0 Å². The van der Waals surface area contributed by atoms with Crippen LogP contribution in [0.2, 0.25) is 0 Å². The molecular weight excluding hydrogens is 144 g/mol.